The van der Waals surface area contributed by atoms with Crippen LogP contribution < -0.4 is 10.6 Å². The van der Waals surface area contributed by atoms with Crippen molar-refractivity contribution < 1.29 is 14.7 Å². The quantitative estimate of drug-likeness (QED) is 0.792. The fourth-order valence-corrected chi connectivity index (χ4v) is 3.40. The van der Waals surface area contributed by atoms with Crippen molar-refractivity contribution in [2.45, 2.75) is 40.2 Å². The molecule has 0 spiro atoms. The molecule has 7 heteroatoms. The molecule has 122 valence electrons. The Balaban J connectivity index is 1.94. The van der Waals surface area contributed by atoms with Crippen molar-refractivity contribution in [3.63, 3.8) is 0 Å². The van der Waals surface area contributed by atoms with Crippen LogP contribution in [0, 0.1) is 24.2 Å². The maximum absolute atomic E-state index is 12.1. The Morgan fingerprint density at radius 3 is 2.59 bits per heavy atom. The standard InChI is InChI=1S/C15H24N4O3/c1-8-7-16-19(5)12(8)18-14(22)17-9(2)10-6-11(13(20)21)15(10,3)4/h7,9-11H,6H2,1-5H3,(H,20,21)(H2,17,18,22)/t9?,10-,11+/m0/s1. The average molecular weight is 308 g/mol. The lowest BCUT2D eigenvalue weighted by Crippen LogP contribution is -2.57. The Bertz CT molecular complexity index is 574. The second-order valence-corrected chi connectivity index (χ2v) is 6.74. The number of carbonyl (C=O) groups is 2. The number of hydrogen-bond acceptors (Lipinski definition) is 3. The van der Waals surface area contributed by atoms with E-state index in [1.54, 1.807) is 17.9 Å². The maximum Gasteiger partial charge on any atom is 0.320 e. The number of anilines is 1. The van der Waals surface area contributed by atoms with E-state index in [2.05, 4.69) is 15.7 Å². The summed E-state index contributed by atoms with van der Waals surface area (Å²) in [5, 5.41) is 18.9. The first-order valence-corrected chi connectivity index (χ1v) is 7.43. The number of aromatic nitrogens is 2. The Kier molecular flexibility index (Phi) is 4.17. The number of nitrogens with one attached hydrogen (secondary N) is 2. The Hall–Kier alpha value is -2.05. The van der Waals surface area contributed by atoms with E-state index < -0.39 is 5.97 Å². The number of hydrogen-bond donors (Lipinski definition) is 3. The van der Waals surface area contributed by atoms with Crippen LogP contribution in [-0.2, 0) is 11.8 Å². The number of carboxylic acid groups (broad SMARTS) is 1. The van der Waals surface area contributed by atoms with Crippen LogP contribution in [-0.4, -0.2) is 32.9 Å². The van der Waals surface area contributed by atoms with Gasteiger partial charge in [0, 0.05) is 18.7 Å². The molecule has 1 fully saturated rings. The van der Waals surface area contributed by atoms with Gasteiger partial charge in [-0.3, -0.25) is 14.8 Å². The van der Waals surface area contributed by atoms with Crippen molar-refractivity contribution in [1.82, 2.24) is 15.1 Å². The Morgan fingerprint density at radius 1 is 1.50 bits per heavy atom. The van der Waals surface area contributed by atoms with E-state index in [-0.39, 0.29) is 29.3 Å². The van der Waals surface area contributed by atoms with Crippen molar-refractivity contribution in [1.29, 1.82) is 0 Å². The van der Waals surface area contributed by atoms with E-state index in [0.717, 1.165) is 5.56 Å². The van der Waals surface area contributed by atoms with Crippen molar-refractivity contribution in [3.05, 3.63) is 11.8 Å². The van der Waals surface area contributed by atoms with Gasteiger partial charge in [0.05, 0.1) is 12.1 Å². The summed E-state index contributed by atoms with van der Waals surface area (Å²) in [4.78, 5) is 23.3. The molecular formula is C15H24N4O3. The molecule has 1 aliphatic rings. The normalized spacial score (nSPS) is 24.2. The van der Waals surface area contributed by atoms with E-state index in [9.17, 15) is 14.7 Å². The molecule has 3 atom stereocenters. The number of urea groups is 1. The van der Waals surface area contributed by atoms with E-state index in [1.807, 2.05) is 27.7 Å². The lowest BCUT2D eigenvalue weighted by atomic mass is 9.53. The predicted octanol–water partition coefficient (Wildman–Crippen LogP) is 1.99. The van der Waals surface area contributed by atoms with Crippen LogP contribution in [0.15, 0.2) is 6.20 Å². The van der Waals surface area contributed by atoms with Gasteiger partial charge in [-0.25, -0.2) is 4.79 Å². The third-order valence-electron chi connectivity index (χ3n) is 4.96. The van der Waals surface area contributed by atoms with Crippen LogP contribution in [0.3, 0.4) is 0 Å². The first-order valence-electron chi connectivity index (χ1n) is 7.43. The molecule has 7 nitrogen and oxygen atoms in total. The zero-order chi connectivity index (χ0) is 16.7. The summed E-state index contributed by atoms with van der Waals surface area (Å²) in [6.07, 6.45) is 2.28. The number of aliphatic carboxylic acids is 1. The molecule has 0 radical (unpaired) electrons. The zero-order valence-electron chi connectivity index (χ0n) is 13.7. The van der Waals surface area contributed by atoms with E-state index in [4.69, 9.17) is 0 Å². The van der Waals surface area contributed by atoms with Crippen molar-refractivity contribution in [2.24, 2.45) is 24.3 Å². The molecule has 2 rings (SSSR count). The molecule has 3 N–H and O–H groups in total. The number of aryl methyl sites for hydroxylation is 2. The largest absolute Gasteiger partial charge is 0.481 e. The second kappa shape index (κ2) is 5.62. The van der Waals surface area contributed by atoms with Gasteiger partial charge >= 0.3 is 12.0 Å². The fraction of sp³-hybridized carbons (Fsp3) is 0.667. The van der Waals surface area contributed by atoms with Gasteiger partial charge in [-0.05, 0) is 31.6 Å². The first kappa shape index (κ1) is 16.3. The van der Waals surface area contributed by atoms with Crippen molar-refractivity contribution in [2.75, 3.05) is 5.32 Å². The maximum atomic E-state index is 12.1. The summed E-state index contributed by atoms with van der Waals surface area (Å²) in [6, 6.07) is -0.395. The minimum atomic E-state index is -0.761. The van der Waals surface area contributed by atoms with Gasteiger partial charge in [0.25, 0.3) is 0 Å². The molecule has 2 amide bonds. The topological polar surface area (TPSA) is 96.3 Å². The molecule has 22 heavy (non-hydrogen) atoms. The molecule has 0 bridgehead atoms. The lowest BCUT2D eigenvalue weighted by molar-refractivity contribution is -0.160. The highest BCUT2D eigenvalue weighted by Gasteiger charge is 2.53. The molecule has 1 unspecified atom stereocenters. The van der Waals surface area contributed by atoms with Crippen LogP contribution in [0.1, 0.15) is 32.8 Å². The van der Waals surface area contributed by atoms with Crippen LogP contribution in [0.4, 0.5) is 10.6 Å². The zero-order valence-corrected chi connectivity index (χ0v) is 13.7. The number of amides is 2. The molecule has 1 aromatic rings. The summed E-state index contributed by atoms with van der Waals surface area (Å²) in [7, 11) is 1.76. The Labute approximate surface area is 130 Å². The minimum absolute atomic E-state index is 0.0980. The summed E-state index contributed by atoms with van der Waals surface area (Å²) in [5.74, 6) is -0.305. The summed E-state index contributed by atoms with van der Waals surface area (Å²) in [6.45, 7) is 7.68. The van der Waals surface area contributed by atoms with E-state index in [1.165, 1.54) is 0 Å². The summed E-state index contributed by atoms with van der Waals surface area (Å²) in [5.41, 5.74) is 0.571. The monoisotopic (exact) mass is 308 g/mol. The molecule has 1 heterocycles. The van der Waals surface area contributed by atoms with Crippen LogP contribution in [0.25, 0.3) is 0 Å². The minimum Gasteiger partial charge on any atom is -0.481 e. The van der Waals surface area contributed by atoms with Gasteiger partial charge in [0.15, 0.2) is 0 Å². The number of carbonyl (C=O) groups excluding carboxylic acids is 1. The second-order valence-electron chi connectivity index (χ2n) is 6.74. The van der Waals surface area contributed by atoms with Crippen LogP contribution >= 0.6 is 0 Å². The highest BCUT2D eigenvalue weighted by molar-refractivity contribution is 5.89. The van der Waals surface area contributed by atoms with Crippen LogP contribution in [0.5, 0.6) is 0 Å². The van der Waals surface area contributed by atoms with Gasteiger partial charge in [0.2, 0.25) is 0 Å². The van der Waals surface area contributed by atoms with E-state index >= 15 is 0 Å². The third-order valence-corrected chi connectivity index (χ3v) is 4.96. The number of carboxylic acids is 1. The average Bonchev–Trinajstić information content (AvgIpc) is 2.68. The first-order chi connectivity index (χ1) is 10.1. The molecule has 1 saturated carbocycles. The van der Waals surface area contributed by atoms with Gasteiger partial charge in [-0.1, -0.05) is 13.8 Å². The predicted molar refractivity (Wildman–Crippen MR) is 82.6 cm³/mol. The van der Waals surface area contributed by atoms with E-state index in [0.29, 0.717) is 12.2 Å². The van der Waals surface area contributed by atoms with Gasteiger partial charge < -0.3 is 10.4 Å². The van der Waals surface area contributed by atoms with Crippen molar-refractivity contribution >= 4 is 17.8 Å². The molecule has 1 aromatic heterocycles. The number of nitrogens with zero attached hydrogens (tertiary/aromatic N) is 2. The van der Waals surface area contributed by atoms with Gasteiger partial charge in [0.1, 0.15) is 5.82 Å². The summed E-state index contributed by atoms with van der Waals surface area (Å²) < 4.78 is 1.60. The SMILES string of the molecule is Cc1cnn(C)c1NC(=O)NC(C)[C@@H]1C[C@H](C(=O)O)C1(C)C. The van der Waals surface area contributed by atoms with Gasteiger partial charge in [-0.2, -0.15) is 5.10 Å². The third kappa shape index (κ3) is 2.80. The van der Waals surface area contributed by atoms with Crippen LogP contribution in [0.2, 0.25) is 0 Å². The smallest absolute Gasteiger partial charge is 0.320 e. The summed E-state index contributed by atoms with van der Waals surface area (Å²) >= 11 is 0. The highest BCUT2D eigenvalue weighted by Crippen LogP contribution is 2.52. The Morgan fingerprint density at radius 2 is 2.14 bits per heavy atom. The number of rotatable bonds is 4. The van der Waals surface area contributed by atoms with Gasteiger partial charge in [-0.15, -0.1) is 0 Å². The molecule has 1 aliphatic carbocycles. The molecule has 0 aliphatic heterocycles. The molecular weight excluding hydrogens is 284 g/mol. The molecule has 0 saturated heterocycles. The fourth-order valence-electron chi connectivity index (χ4n) is 3.40. The highest BCUT2D eigenvalue weighted by atomic mass is 16.4. The molecule has 0 aromatic carbocycles. The lowest BCUT2D eigenvalue weighted by Gasteiger charge is -2.52. The van der Waals surface area contributed by atoms with Crippen molar-refractivity contribution in [3.8, 4) is 0 Å².